The Hall–Kier alpha value is -0.935. The molecular weight excluding hydrogens is 207 g/mol. The molecule has 0 N–H and O–H groups in total. The van der Waals surface area contributed by atoms with Crippen LogP contribution in [0.2, 0.25) is 0 Å². The third-order valence-corrected chi connectivity index (χ3v) is 3.29. The van der Waals surface area contributed by atoms with Crippen molar-refractivity contribution in [1.29, 1.82) is 0 Å². The van der Waals surface area contributed by atoms with Crippen LogP contribution in [0.15, 0.2) is 16.5 Å². The molecule has 1 aromatic rings. The summed E-state index contributed by atoms with van der Waals surface area (Å²) >= 11 is 0. The van der Waals surface area contributed by atoms with Gasteiger partial charge in [-0.1, -0.05) is 0 Å². The Balaban J connectivity index is 2.20. The van der Waals surface area contributed by atoms with Crippen molar-refractivity contribution in [2.75, 3.05) is 7.11 Å². The average molecular weight is 224 g/mol. The molecule has 1 aromatic heterocycles. The van der Waals surface area contributed by atoms with Crippen molar-refractivity contribution < 1.29 is 18.5 Å². The van der Waals surface area contributed by atoms with Gasteiger partial charge < -0.3 is 18.5 Å². The van der Waals surface area contributed by atoms with Crippen molar-refractivity contribution >= 4 is 12.8 Å². The van der Waals surface area contributed by atoms with Gasteiger partial charge in [0.1, 0.15) is 5.66 Å². The predicted molar refractivity (Wildman–Crippen MR) is 61.0 cm³/mol. The van der Waals surface area contributed by atoms with E-state index in [2.05, 4.69) is 0 Å². The maximum absolute atomic E-state index is 5.84. The van der Waals surface area contributed by atoms with Gasteiger partial charge in [-0.15, -0.1) is 0 Å². The minimum Gasteiger partial charge on any atom is -0.468 e. The maximum atomic E-state index is 5.84. The second-order valence-corrected chi connectivity index (χ2v) is 4.95. The molecule has 0 atom stereocenters. The molecule has 1 aliphatic rings. The van der Waals surface area contributed by atoms with Gasteiger partial charge in [-0.3, -0.25) is 0 Å². The van der Waals surface area contributed by atoms with Gasteiger partial charge in [0.2, 0.25) is 0 Å². The first-order chi connectivity index (χ1) is 7.36. The third-order valence-electron chi connectivity index (χ3n) is 3.29. The standard InChI is InChI=1S/C11H17BO4/c1-10(2)11(3,4)16-12(15-10)8-6-7-9(13-5)14-8/h6-7H,1-5H3. The predicted octanol–water partition coefficient (Wildman–Crippen LogP) is 1.59. The SMILES string of the molecule is COc1ccc(B2OC(C)(C)C(C)(C)O2)o1. The molecule has 0 amide bonds. The maximum Gasteiger partial charge on any atom is 0.532 e. The second-order valence-electron chi connectivity index (χ2n) is 4.95. The van der Waals surface area contributed by atoms with Gasteiger partial charge in [0.25, 0.3) is 5.95 Å². The molecule has 2 rings (SSSR count). The largest absolute Gasteiger partial charge is 0.532 e. The van der Waals surface area contributed by atoms with E-state index in [0.29, 0.717) is 11.6 Å². The second kappa shape index (κ2) is 3.53. The molecule has 1 aliphatic heterocycles. The lowest BCUT2D eigenvalue weighted by molar-refractivity contribution is 0.00578. The van der Waals surface area contributed by atoms with Crippen LogP contribution in [0.25, 0.3) is 0 Å². The zero-order chi connectivity index (χ0) is 12.0. The van der Waals surface area contributed by atoms with Crippen molar-refractivity contribution in [3.8, 4) is 5.95 Å². The fraction of sp³-hybridized carbons (Fsp3) is 0.636. The summed E-state index contributed by atoms with van der Waals surface area (Å²) < 4.78 is 22.1. The van der Waals surface area contributed by atoms with Gasteiger partial charge in [-0.2, -0.15) is 0 Å². The van der Waals surface area contributed by atoms with Gasteiger partial charge in [-0.25, -0.2) is 0 Å². The normalized spacial score (nSPS) is 22.4. The van der Waals surface area contributed by atoms with E-state index in [4.69, 9.17) is 18.5 Å². The number of hydrogen-bond acceptors (Lipinski definition) is 4. The zero-order valence-electron chi connectivity index (χ0n) is 10.4. The first kappa shape index (κ1) is 11.5. The smallest absolute Gasteiger partial charge is 0.468 e. The fourth-order valence-electron chi connectivity index (χ4n) is 1.53. The summed E-state index contributed by atoms with van der Waals surface area (Å²) in [5, 5.41) is 0. The molecule has 0 radical (unpaired) electrons. The van der Waals surface area contributed by atoms with Crippen LogP contribution in [-0.4, -0.2) is 25.4 Å². The highest BCUT2D eigenvalue weighted by atomic mass is 16.7. The van der Waals surface area contributed by atoms with Gasteiger partial charge >= 0.3 is 7.12 Å². The van der Waals surface area contributed by atoms with Gasteiger partial charge in [0, 0.05) is 6.07 Å². The Bertz CT molecular complexity index is 367. The lowest BCUT2D eigenvalue weighted by Crippen LogP contribution is -2.41. The van der Waals surface area contributed by atoms with Crippen LogP contribution in [-0.2, 0) is 9.31 Å². The first-order valence-electron chi connectivity index (χ1n) is 5.35. The minimum absolute atomic E-state index is 0.350. The van der Waals surface area contributed by atoms with E-state index in [1.165, 1.54) is 0 Å². The monoisotopic (exact) mass is 224 g/mol. The first-order valence-corrected chi connectivity index (χ1v) is 5.35. The summed E-state index contributed by atoms with van der Waals surface area (Å²) in [5.74, 6) is 0.463. The highest BCUT2D eigenvalue weighted by molar-refractivity contribution is 6.60. The molecule has 0 spiro atoms. The molecule has 2 heterocycles. The Morgan fingerprint density at radius 3 is 2.06 bits per heavy atom. The number of methoxy groups -OCH3 is 1. The summed E-state index contributed by atoms with van der Waals surface area (Å²) in [7, 11) is 1.10. The Labute approximate surface area is 96.0 Å². The van der Waals surface area contributed by atoms with Crippen LogP contribution in [0.1, 0.15) is 27.7 Å². The lowest BCUT2D eigenvalue weighted by atomic mass is 9.86. The number of furan rings is 1. The van der Waals surface area contributed by atoms with Crippen LogP contribution in [0.5, 0.6) is 5.95 Å². The van der Waals surface area contributed by atoms with Crippen LogP contribution in [0.4, 0.5) is 0 Å². The molecule has 16 heavy (non-hydrogen) atoms. The number of rotatable bonds is 2. The van der Waals surface area contributed by atoms with Crippen LogP contribution < -0.4 is 10.4 Å². The van der Waals surface area contributed by atoms with E-state index in [9.17, 15) is 0 Å². The lowest BCUT2D eigenvalue weighted by Gasteiger charge is -2.32. The van der Waals surface area contributed by atoms with Crippen molar-refractivity contribution in [1.82, 2.24) is 0 Å². The van der Waals surface area contributed by atoms with Gasteiger partial charge in [-0.05, 0) is 33.8 Å². The summed E-state index contributed by atoms with van der Waals surface area (Å²) in [6, 6.07) is 3.56. The Morgan fingerprint density at radius 2 is 1.62 bits per heavy atom. The van der Waals surface area contributed by atoms with E-state index < -0.39 is 7.12 Å². The summed E-state index contributed by atoms with van der Waals surface area (Å²) in [4.78, 5) is 0. The van der Waals surface area contributed by atoms with Crippen molar-refractivity contribution in [2.24, 2.45) is 0 Å². The Kier molecular flexibility index (Phi) is 2.55. The van der Waals surface area contributed by atoms with E-state index in [0.717, 1.165) is 0 Å². The zero-order valence-corrected chi connectivity index (χ0v) is 10.4. The molecule has 4 nitrogen and oxygen atoms in total. The molecule has 1 saturated heterocycles. The van der Waals surface area contributed by atoms with E-state index in [-0.39, 0.29) is 11.2 Å². The summed E-state index contributed by atoms with van der Waals surface area (Å²) in [6.45, 7) is 8.03. The molecule has 88 valence electrons. The molecule has 0 aliphatic carbocycles. The van der Waals surface area contributed by atoms with E-state index >= 15 is 0 Å². The van der Waals surface area contributed by atoms with E-state index in [1.807, 2.05) is 27.7 Å². The number of ether oxygens (including phenoxy) is 1. The Morgan fingerprint density at radius 1 is 1.06 bits per heavy atom. The quantitative estimate of drug-likeness (QED) is 0.715. The molecule has 0 saturated carbocycles. The minimum atomic E-state index is -0.464. The van der Waals surface area contributed by atoms with Crippen LogP contribution in [0.3, 0.4) is 0 Å². The van der Waals surface area contributed by atoms with Gasteiger partial charge in [0.15, 0.2) is 0 Å². The summed E-state index contributed by atoms with van der Waals surface area (Å²) in [5.41, 5.74) is -0.0643. The van der Waals surface area contributed by atoms with E-state index in [1.54, 1.807) is 19.2 Å². The number of hydrogen-bond donors (Lipinski definition) is 0. The molecule has 5 heteroatoms. The average Bonchev–Trinajstić information content (AvgIpc) is 2.70. The molecular formula is C11H17BO4. The molecule has 0 bridgehead atoms. The molecule has 1 fully saturated rings. The fourth-order valence-corrected chi connectivity index (χ4v) is 1.53. The topological polar surface area (TPSA) is 40.8 Å². The van der Waals surface area contributed by atoms with Gasteiger partial charge in [0.05, 0.1) is 18.3 Å². The molecule has 0 unspecified atom stereocenters. The van der Waals surface area contributed by atoms with Crippen LogP contribution >= 0.6 is 0 Å². The summed E-state index contributed by atoms with van der Waals surface area (Å²) in [6.07, 6.45) is 0. The highest BCUT2D eigenvalue weighted by Crippen LogP contribution is 2.36. The van der Waals surface area contributed by atoms with Crippen molar-refractivity contribution in [2.45, 2.75) is 38.9 Å². The van der Waals surface area contributed by atoms with Crippen molar-refractivity contribution in [3.05, 3.63) is 12.1 Å². The third kappa shape index (κ3) is 1.74. The highest BCUT2D eigenvalue weighted by Gasteiger charge is 2.53. The molecule has 0 aromatic carbocycles. The van der Waals surface area contributed by atoms with Crippen molar-refractivity contribution in [3.63, 3.8) is 0 Å². The van der Waals surface area contributed by atoms with Crippen LogP contribution in [0, 0.1) is 0 Å².